The molecule has 2 rings (SSSR count). The largest absolute Gasteiger partial charge is 1.00 e. The van der Waals surface area contributed by atoms with Crippen LogP contribution in [0.5, 0.6) is 0 Å². The second-order valence-corrected chi connectivity index (χ2v) is 4.18. The third-order valence-corrected chi connectivity index (χ3v) is 2.94. The summed E-state index contributed by atoms with van der Waals surface area (Å²) in [5.74, 6) is 1.38. The van der Waals surface area contributed by atoms with Crippen LogP contribution in [-0.4, -0.2) is 31.5 Å². The van der Waals surface area contributed by atoms with Gasteiger partial charge in [-0.3, -0.25) is 0 Å². The number of likely N-dealkylation sites (tertiary alicyclic amines) is 1. The van der Waals surface area contributed by atoms with Crippen LogP contribution in [0, 0.1) is 11.8 Å². The first-order valence-corrected chi connectivity index (χ1v) is 4.57. The minimum Gasteiger partial charge on any atom is -0.445 e. The molecule has 0 spiro atoms. The average Bonchev–Trinajstić information content (AvgIpc) is 2.57. The smallest absolute Gasteiger partial charge is 0.445 e. The van der Waals surface area contributed by atoms with Gasteiger partial charge in [-0.15, -0.1) is 12.1 Å². The van der Waals surface area contributed by atoms with Crippen LogP contribution in [0.15, 0.2) is 12.1 Å². The van der Waals surface area contributed by atoms with Crippen molar-refractivity contribution in [2.75, 3.05) is 19.6 Å². The second-order valence-electron chi connectivity index (χ2n) is 4.18. The Hall–Kier alpha value is 1.19. The number of nitrogens with zero attached hydrogens (tertiary/aromatic N) is 1. The van der Waals surface area contributed by atoms with Gasteiger partial charge in [0.05, 0.1) is 0 Å². The standard InChI is InChI=1S/C8H12BF3N.K/c1-6(9(10,11)12)3-13-4-7-2-8(7)5-13;/h7-8H,1-5H2;/q-1;+1. The van der Waals surface area contributed by atoms with E-state index in [0.29, 0.717) is 11.8 Å². The van der Waals surface area contributed by atoms with E-state index in [0.717, 1.165) is 13.1 Å². The normalized spacial score (nSPS) is 30.8. The first kappa shape index (κ1) is 13.3. The van der Waals surface area contributed by atoms with Crippen LogP contribution >= 0.6 is 0 Å². The molecule has 0 N–H and O–H groups in total. The van der Waals surface area contributed by atoms with E-state index in [2.05, 4.69) is 6.58 Å². The summed E-state index contributed by atoms with van der Waals surface area (Å²) in [6, 6.07) is 0. The fourth-order valence-electron chi connectivity index (χ4n) is 2.02. The molecule has 6 heteroatoms. The van der Waals surface area contributed by atoms with Crippen LogP contribution in [0.4, 0.5) is 12.9 Å². The summed E-state index contributed by atoms with van der Waals surface area (Å²) in [5, 5.41) is 0. The van der Waals surface area contributed by atoms with Gasteiger partial charge in [-0.1, -0.05) is 0 Å². The predicted molar refractivity (Wildman–Crippen MR) is 46.3 cm³/mol. The molecule has 2 atom stereocenters. The molecule has 1 heterocycles. The molecule has 0 radical (unpaired) electrons. The van der Waals surface area contributed by atoms with Gasteiger partial charge in [0.2, 0.25) is 0 Å². The van der Waals surface area contributed by atoms with E-state index in [1.807, 2.05) is 4.90 Å². The summed E-state index contributed by atoms with van der Waals surface area (Å²) in [5.41, 5.74) is -0.554. The number of halogens is 3. The average molecular weight is 229 g/mol. The van der Waals surface area contributed by atoms with E-state index in [1.165, 1.54) is 6.42 Å². The van der Waals surface area contributed by atoms with Crippen molar-refractivity contribution in [3.63, 3.8) is 0 Å². The molecule has 0 aromatic heterocycles. The molecule has 0 amide bonds. The van der Waals surface area contributed by atoms with Gasteiger partial charge in [-0.2, -0.15) is 0 Å². The van der Waals surface area contributed by atoms with Crippen molar-refractivity contribution < 1.29 is 64.3 Å². The molecule has 0 aromatic rings. The van der Waals surface area contributed by atoms with Crippen molar-refractivity contribution in [2.45, 2.75) is 6.42 Å². The number of hydrogen-bond acceptors (Lipinski definition) is 1. The molecule has 74 valence electrons. The van der Waals surface area contributed by atoms with Gasteiger partial charge in [0, 0.05) is 13.1 Å². The molecule has 1 aliphatic carbocycles. The zero-order valence-corrected chi connectivity index (χ0v) is 11.5. The molecule has 0 aromatic carbocycles. The predicted octanol–water partition coefficient (Wildman–Crippen LogP) is -1.12. The molecule has 14 heavy (non-hydrogen) atoms. The van der Waals surface area contributed by atoms with Crippen LogP contribution in [0.1, 0.15) is 6.42 Å². The maximum Gasteiger partial charge on any atom is 1.00 e. The number of fused-ring (bicyclic) bond motifs is 1. The van der Waals surface area contributed by atoms with Crippen molar-refractivity contribution in [1.82, 2.24) is 4.90 Å². The van der Waals surface area contributed by atoms with Gasteiger partial charge in [0.25, 0.3) is 0 Å². The van der Waals surface area contributed by atoms with E-state index < -0.39 is 12.4 Å². The summed E-state index contributed by atoms with van der Waals surface area (Å²) in [4.78, 5) is 1.87. The van der Waals surface area contributed by atoms with Crippen molar-refractivity contribution >= 4 is 6.98 Å². The molecule has 1 aliphatic heterocycles. The Morgan fingerprint density at radius 2 is 1.79 bits per heavy atom. The molecule has 1 saturated heterocycles. The summed E-state index contributed by atoms with van der Waals surface area (Å²) in [6.45, 7) is -0.0247. The zero-order valence-electron chi connectivity index (χ0n) is 8.35. The zero-order chi connectivity index (χ0) is 9.64. The van der Waals surface area contributed by atoms with Gasteiger partial charge < -0.3 is 17.8 Å². The molecular formula is C8H12BF3KN. The number of piperidine rings is 1. The van der Waals surface area contributed by atoms with Crippen molar-refractivity contribution in [1.29, 1.82) is 0 Å². The first-order valence-electron chi connectivity index (χ1n) is 4.57. The Balaban J connectivity index is 0.000000980. The van der Waals surface area contributed by atoms with Crippen LogP contribution < -0.4 is 51.4 Å². The van der Waals surface area contributed by atoms with E-state index in [-0.39, 0.29) is 57.9 Å². The molecule has 1 saturated carbocycles. The number of rotatable bonds is 3. The Bertz CT molecular complexity index is 233. The Labute approximate surface area is 125 Å². The maximum absolute atomic E-state index is 12.1. The van der Waals surface area contributed by atoms with Crippen LogP contribution in [-0.2, 0) is 0 Å². The Morgan fingerprint density at radius 1 is 1.29 bits per heavy atom. The monoisotopic (exact) mass is 229 g/mol. The maximum atomic E-state index is 12.1. The van der Waals surface area contributed by atoms with Crippen LogP contribution in [0.2, 0.25) is 0 Å². The first-order chi connectivity index (χ1) is 5.97. The molecular weight excluding hydrogens is 217 g/mol. The Kier molecular flexibility index (Phi) is 4.35. The van der Waals surface area contributed by atoms with Crippen molar-refractivity contribution in [3.8, 4) is 0 Å². The third-order valence-electron chi connectivity index (χ3n) is 2.94. The van der Waals surface area contributed by atoms with Crippen LogP contribution in [0.3, 0.4) is 0 Å². The third kappa shape index (κ3) is 3.09. The molecule has 2 unspecified atom stereocenters. The molecule has 2 fully saturated rings. The summed E-state index contributed by atoms with van der Waals surface area (Å²) < 4.78 is 36.4. The van der Waals surface area contributed by atoms with Gasteiger partial charge in [0.15, 0.2) is 0 Å². The number of hydrogen-bond donors (Lipinski definition) is 0. The SMILES string of the molecule is C=C(CN1CC2CC2C1)[B-](F)(F)F.[K+]. The minimum atomic E-state index is -4.83. The summed E-state index contributed by atoms with van der Waals surface area (Å²) in [7, 11) is 0. The molecule has 0 bridgehead atoms. The fourth-order valence-corrected chi connectivity index (χ4v) is 2.02. The molecule has 2 aliphatic rings. The van der Waals surface area contributed by atoms with Gasteiger partial charge in [0.1, 0.15) is 0 Å². The van der Waals surface area contributed by atoms with Gasteiger partial charge >= 0.3 is 58.4 Å². The quantitative estimate of drug-likeness (QED) is 0.554. The summed E-state index contributed by atoms with van der Waals surface area (Å²) >= 11 is 0. The van der Waals surface area contributed by atoms with Crippen LogP contribution in [0.25, 0.3) is 0 Å². The van der Waals surface area contributed by atoms with Crippen molar-refractivity contribution in [3.05, 3.63) is 12.1 Å². The molecule has 1 nitrogen and oxygen atoms in total. The van der Waals surface area contributed by atoms with E-state index in [4.69, 9.17) is 0 Å². The Morgan fingerprint density at radius 3 is 2.21 bits per heavy atom. The van der Waals surface area contributed by atoms with E-state index in [1.54, 1.807) is 0 Å². The second kappa shape index (κ2) is 4.59. The van der Waals surface area contributed by atoms with E-state index in [9.17, 15) is 12.9 Å². The van der Waals surface area contributed by atoms with E-state index >= 15 is 0 Å². The minimum absolute atomic E-state index is 0. The fraction of sp³-hybridized carbons (Fsp3) is 0.750. The van der Waals surface area contributed by atoms with Crippen molar-refractivity contribution in [2.24, 2.45) is 11.8 Å². The van der Waals surface area contributed by atoms with Gasteiger partial charge in [-0.05, 0) is 24.8 Å². The van der Waals surface area contributed by atoms with Gasteiger partial charge in [-0.25, -0.2) is 0 Å². The summed E-state index contributed by atoms with van der Waals surface area (Å²) in [6.07, 6.45) is 1.22. The topological polar surface area (TPSA) is 3.24 Å².